The Morgan fingerprint density at radius 2 is 2.05 bits per heavy atom. The smallest absolute Gasteiger partial charge is 0.240 e. The summed E-state index contributed by atoms with van der Waals surface area (Å²) in [5.41, 5.74) is 7.53. The van der Waals surface area contributed by atoms with Gasteiger partial charge in [0, 0.05) is 12.6 Å². The van der Waals surface area contributed by atoms with Gasteiger partial charge in [0.15, 0.2) is 0 Å². The monoisotopic (exact) mass is 300 g/mol. The third-order valence-electron chi connectivity index (χ3n) is 3.39. The van der Waals surface area contributed by atoms with Crippen molar-refractivity contribution < 1.29 is 8.42 Å². The number of nitrogens with one attached hydrogen (secondary N) is 1. The van der Waals surface area contributed by atoms with Gasteiger partial charge >= 0.3 is 0 Å². The molecule has 4 nitrogen and oxygen atoms in total. The van der Waals surface area contributed by atoms with E-state index in [4.69, 9.17) is 5.73 Å². The van der Waals surface area contributed by atoms with Gasteiger partial charge in [0.05, 0.1) is 4.90 Å². The summed E-state index contributed by atoms with van der Waals surface area (Å²) in [5, 5.41) is 0. The van der Waals surface area contributed by atoms with Gasteiger partial charge in [-0.15, -0.1) is 0 Å². The average molecular weight is 300 g/mol. The van der Waals surface area contributed by atoms with Gasteiger partial charge in [-0.3, -0.25) is 0 Å². The van der Waals surface area contributed by atoms with Crippen LogP contribution in [0.15, 0.2) is 23.1 Å². The molecule has 1 heterocycles. The normalized spacial score (nSPS) is 17.6. The molecule has 0 bridgehead atoms. The maximum absolute atomic E-state index is 12.3. The predicted molar refractivity (Wildman–Crippen MR) is 79.7 cm³/mol. The van der Waals surface area contributed by atoms with Crippen molar-refractivity contribution in [3.63, 3.8) is 0 Å². The van der Waals surface area contributed by atoms with Gasteiger partial charge < -0.3 is 5.73 Å². The van der Waals surface area contributed by atoms with Crippen LogP contribution >= 0.6 is 11.8 Å². The number of benzene rings is 1. The average Bonchev–Trinajstić information content (AvgIpc) is 2.39. The molecule has 1 aromatic carbocycles. The van der Waals surface area contributed by atoms with Gasteiger partial charge in [0.2, 0.25) is 10.0 Å². The fraction of sp³-hybridized carbons (Fsp3) is 0.538. The molecular weight excluding hydrogens is 280 g/mol. The third-order valence-corrected chi connectivity index (χ3v) is 5.96. The lowest BCUT2D eigenvalue weighted by Gasteiger charge is -2.22. The minimum Gasteiger partial charge on any atom is -0.326 e. The summed E-state index contributed by atoms with van der Waals surface area (Å²) in [6.45, 7) is 2.29. The van der Waals surface area contributed by atoms with E-state index in [9.17, 15) is 8.42 Å². The number of sulfonamides is 1. The minimum absolute atomic E-state index is 0.0638. The lowest BCUT2D eigenvalue weighted by molar-refractivity contribution is 0.529. The van der Waals surface area contributed by atoms with Gasteiger partial charge in [-0.25, -0.2) is 13.1 Å². The highest BCUT2D eigenvalue weighted by Crippen LogP contribution is 2.20. The highest BCUT2D eigenvalue weighted by atomic mass is 32.2. The van der Waals surface area contributed by atoms with E-state index in [0.717, 1.165) is 35.5 Å². The van der Waals surface area contributed by atoms with Gasteiger partial charge in [-0.2, -0.15) is 11.8 Å². The summed E-state index contributed by atoms with van der Waals surface area (Å²) in [4.78, 5) is 0.316. The number of aryl methyl sites for hydroxylation is 1. The summed E-state index contributed by atoms with van der Waals surface area (Å²) < 4.78 is 27.4. The van der Waals surface area contributed by atoms with Crippen molar-refractivity contribution in [3.8, 4) is 0 Å². The third kappa shape index (κ3) is 3.72. The van der Waals surface area contributed by atoms with E-state index in [-0.39, 0.29) is 6.04 Å². The summed E-state index contributed by atoms with van der Waals surface area (Å²) in [6.07, 6.45) is 1.80. The van der Waals surface area contributed by atoms with Crippen molar-refractivity contribution in [1.82, 2.24) is 4.72 Å². The fourth-order valence-corrected chi connectivity index (χ4v) is 4.60. The van der Waals surface area contributed by atoms with Crippen LogP contribution in [0.4, 0.5) is 0 Å². The number of hydrogen-bond acceptors (Lipinski definition) is 4. The molecule has 1 saturated heterocycles. The fourth-order valence-electron chi connectivity index (χ4n) is 2.14. The summed E-state index contributed by atoms with van der Waals surface area (Å²) in [7, 11) is -3.42. The largest absolute Gasteiger partial charge is 0.326 e. The molecule has 0 atom stereocenters. The first-order chi connectivity index (χ1) is 9.03. The van der Waals surface area contributed by atoms with Crippen LogP contribution in [0.2, 0.25) is 0 Å². The van der Waals surface area contributed by atoms with Crippen LogP contribution in [0.25, 0.3) is 0 Å². The first kappa shape index (κ1) is 14.8. The van der Waals surface area contributed by atoms with Crippen molar-refractivity contribution >= 4 is 21.8 Å². The molecule has 0 radical (unpaired) electrons. The van der Waals surface area contributed by atoms with Gasteiger partial charge in [0.1, 0.15) is 0 Å². The van der Waals surface area contributed by atoms with Gasteiger partial charge in [0.25, 0.3) is 0 Å². The van der Waals surface area contributed by atoms with E-state index in [1.807, 2.05) is 24.8 Å². The van der Waals surface area contributed by atoms with E-state index < -0.39 is 10.0 Å². The molecule has 1 aromatic rings. The molecule has 0 spiro atoms. The second-order valence-electron chi connectivity index (χ2n) is 4.80. The van der Waals surface area contributed by atoms with Crippen LogP contribution in [-0.4, -0.2) is 26.0 Å². The molecule has 3 N–H and O–H groups in total. The van der Waals surface area contributed by atoms with E-state index in [1.165, 1.54) is 0 Å². The van der Waals surface area contributed by atoms with Crippen molar-refractivity contribution in [2.24, 2.45) is 5.73 Å². The van der Waals surface area contributed by atoms with Crippen molar-refractivity contribution in [3.05, 3.63) is 29.3 Å². The number of rotatable bonds is 4. The Morgan fingerprint density at radius 3 is 2.68 bits per heavy atom. The van der Waals surface area contributed by atoms with E-state index in [2.05, 4.69) is 4.72 Å². The lowest BCUT2D eigenvalue weighted by atomic mass is 10.1. The molecule has 6 heteroatoms. The first-order valence-corrected chi connectivity index (χ1v) is 9.06. The molecule has 1 aliphatic rings. The molecule has 0 unspecified atom stereocenters. The predicted octanol–water partition coefficient (Wildman–Crippen LogP) is 1.63. The van der Waals surface area contributed by atoms with Crippen molar-refractivity contribution in [2.75, 3.05) is 11.5 Å². The quantitative estimate of drug-likeness (QED) is 0.886. The van der Waals surface area contributed by atoms with Crippen LogP contribution in [0, 0.1) is 6.92 Å². The van der Waals surface area contributed by atoms with Crippen LogP contribution in [0.5, 0.6) is 0 Å². The Hall–Kier alpha value is -0.560. The second kappa shape index (κ2) is 6.26. The lowest BCUT2D eigenvalue weighted by Crippen LogP contribution is -2.37. The summed E-state index contributed by atoms with van der Waals surface area (Å²) in [5.74, 6) is 2.05. The molecule has 0 amide bonds. The van der Waals surface area contributed by atoms with Crippen molar-refractivity contribution in [2.45, 2.75) is 37.2 Å². The maximum Gasteiger partial charge on any atom is 0.240 e. The zero-order valence-corrected chi connectivity index (χ0v) is 12.7. The Morgan fingerprint density at radius 1 is 1.37 bits per heavy atom. The SMILES string of the molecule is Cc1ccc(S(=O)(=O)NC2CCSCC2)cc1CN. The first-order valence-electron chi connectivity index (χ1n) is 6.42. The minimum atomic E-state index is -3.42. The standard InChI is InChI=1S/C13H20N2O2S2/c1-10-2-3-13(8-11(10)9-14)19(16,17)15-12-4-6-18-7-5-12/h2-3,8,12,15H,4-7,9,14H2,1H3. The molecule has 1 fully saturated rings. The topological polar surface area (TPSA) is 72.2 Å². The summed E-state index contributed by atoms with van der Waals surface area (Å²) in [6, 6.07) is 5.20. The van der Waals surface area contributed by atoms with Crippen LogP contribution in [-0.2, 0) is 16.6 Å². The van der Waals surface area contributed by atoms with E-state index in [1.54, 1.807) is 12.1 Å². The summed E-state index contributed by atoms with van der Waals surface area (Å²) >= 11 is 1.88. The second-order valence-corrected chi connectivity index (χ2v) is 7.74. The Bertz CT molecular complexity index is 538. The molecule has 0 aromatic heterocycles. The molecule has 0 saturated carbocycles. The molecular formula is C13H20N2O2S2. The van der Waals surface area contributed by atoms with Crippen LogP contribution in [0.3, 0.4) is 0 Å². The highest BCUT2D eigenvalue weighted by Gasteiger charge is 2.22. The number of hydrogen-bond donors (Lipinski definition) is 2. The Balaban J connectivity index is 2.18. The van der Waals surface area contributed by atoms with E-state index >= 15 is 0 Å². The Labute approximate surface area is 119 Å². The number of thioether (sulfide) groups is 1. The molecule has 1 aliphatic heterocycles. The van der Waals surface area contributed by atoms with Gasteiger partial charge in [-0.05, 0) is 54.5 Å². The molecule has 0 aliphatic carbocycles. The maximum atomic E-state index is 12.3. The zero-order valence-electron chi connectivity index (χ0n) is 11.1. The Kier molecular flexibility index (Phi) is 4.89. The van der Waals surface area contributed by atoms with Crippen LogP contribution in [0.1, 0.15) is 24.0 Å². The van der Waals surface area contributed by atoms with Crippen LogP contribution < -0.4 is 10.5 Å². The molecule has 19 heavy (non-hydrogen) atoms. The molecule has 2 rings (SSSR count). The number of nitrogens with two attached hydrogens (primary N) is 1. The highest BCUT2D eigenvalue weighted by molar-refractivity contribution is 7.99. The van der Waals surface area contributed by atoms with E-state index in [0.29, 0.717) is 11.4 Å². The van der Waals surface area contributed by atoms with Gasteiger partial charge in [-0.1, -0.05) is 6.07 Å². The molecule has 106 valence electrons. The van der Waals surface area contributed by atoms with Crippen molar-refractivity contribution in [1.29, 1.82) is 0 Å². The zero-order chi connectivity index (χ0) is 13.9.